The standard InChI is InChI=1S/C15H15NO3/c1-10-5-2-3-6-11(10)9-16-15(19)12-7-4-8-13(17)14(12)18/h2-8,17-18H,9H2,1H3,(H,16,19). The zero-order chi connectivity index (χ0) is 13.8. The molecule has 4 nitrogen and oxygen atoms in total. The van der Waals surface area contributed by atoms with Crippen molar-refractivity contribution in [3.05, 3.63) is 59.2 Å². The molecule has 0 atom stereocenters. The van der Waals surface area contributed by atoms with Gasteiger partial charge in [-0.25, -0.2) is 0 Å². The van der Waals surface area contributed by atoms with Crippen LogP contribution in [0.4, 0.5) is 0 Å². The van der Waals surface area contributed by atoms with Crippen molar-refractivity contribution >= 4 is 5.91 Å². The minimum atomic E-state index is -0.420. The molecule has 0 heterocycles. The number of amides is 1. The summed E-state index contributed by atoms with van der Waals surface area (Å²) in [5.41, 5.74) is 2.16. The Kier molecular flexibility index (Phi) is 3.71. The molecule has 0 aliphatic heterocycles. The Morgan fingerprint density at radius 3 is 2.58 bits per heavy atom. The van der Waals surface area contributed by atoms with E-state index < -0.39 is 11.7 Å². The maximum absolute atomic E-state index is 11.9. The van der Waals surface area contributed by atoms with E-state index in [2.05, 4.69) is 5.32 Å². The average Bonchev–Trinajstić information content (AvgIpc) is 2.40. The first-order valence-electron chi connectivity index (χ1n) is 5.93. The molecule has 0 aromatic heterocycles. The van der Waals surface area contributed by atoms with E-state index in [-0.39, 0.29) is 11.3 Å². The molecule has 4 heteroatoms. The van der Waals surface area contributed by atoms with Crippen LogP contribution in [0.1, 0.15) is 21.5 Å². The molecule has 19 heavy (non-hydrogen) atoms. The Labute approximate surface area is 111 Å². The van der Waals surface area contributed by atoms with Crippen LogP contribution >= 0.6 is 0 Å². The predicted octanol–water partition coefficient (Wildman–Crippen LogP) is 2.34. The van der Waals surface area contributed by atoms with E-state index >= 15 is 0 Å². The second-order valence-electron chi connectivity index (χ2n) is 4.28. The molecule has 2 aromatic rings. The number of hydrogen-bond acceptors (Lipinski definition) is 3. The van der Waals surface area contributed by atoms with Gasteiger partial charge < -0.3 is 15.5 Å². The van der Waals surface area contributed by atoms with E-state index in [9.17, 15) is 15.0 Å². The van der Waals surface area contributed by atoms with E-state index in [0.717, 1.165) is 11.1 Å². The first-order valence-corrected chi connectivity index (χ1v) is 5.93. The van der Waals surface area contributed by atoms with Crippen molar-refractivity contribution in [1.82, 2.24) is 5.32 Å². The minimum absolute atomic E-state index is 0.0635. The molecular formula is C15H15NO3. The quantitative estimate of drug-likeness (QED) is 0.739. The predicted molar refractivity (Wildman–Crippen MR) is 72.1 cm³/mol. The molecule has 98 valence electrons. The lowest BCUT2D eigenvalue weighted by molar-refractivity contribution is 0.0947. The largest absolute Gasteiger partial charge is 0.504 e. The number of carbonyl (C=O) groups excluding carboxylic acids is 1. The highest BCUT2D eigenvalue weighted by molar-refractivity contribution is 5.97. The summed E-state index contributed by atoms with van der Waals surface area (Å²) >= 11 is 0. The number of rotatable bonds is 3. The maximum atomic E-state index is 11.9. The van der Waals surface area contributed by atoms with Crippen LogP contribution in [-0.2, 0) is 6.54 Å². The molecule has 2 aromatic carbocycles. The fourth-order valence-corrected chi connectivity index (χ4v) is 1.79. The number of nitrogens with one attached hydrogen (secondary N) is 1. The van der Waals surface area contributed by atoms with Gasteiger partial charge in [-0.1, -0.05) is 30.3 Å². The van der Waals surface area contributed by atoms with Crippen LogP contribution < -0.4 is 5.32 Å². The Morgan fingerprint density at radius 2 is 1.84 bits per heavy atom. The van der Waals surface area contributed by atoms with E-state index in [1.165, 1.54) is 18.2 Å². The van der Waals surface area contributed by atoms with Crippen molar-refractivity contribution in [3.8, 4) is 11.5 Å². The van der Waals surface area contributed by atoms with Gasteiger partial charge >= 0.3 is 0 Å². The Morgan fingerprint density at radius 1 is 1.11 bits per heavy atom. The summed E-state index contributed by atoms with van der Waals surface area (Å²) in [6.07, 6.45) is 0. The SMILES string of the molecule is Cc1ccccc1CNC(=O)c1cccc(O)c1O. The van der Waals surface area contributed by atoms with Gasteiger partial charge in [0.15, 0.2) is 11.5 Å². The highest BCUT2D eigenvalue weighted by atomic mass is 16.3. The molecule has 0 radical (unpaired) electrons. The Hall–Kier alpha value is -2.49. The Bertz CT molecular complexity index is 608. The fraction of sp³-hybridized carbons (Fsp3) is 0.133. The summed E-state index contributed by atoms with van der Waals surface area (Å²) in [6.45, 7) is 2.34. The molecule has 3 N–H and O–H groups in total. The average molecular weight is 257 g/mol. The van der Waals surface area contributed by atoms with Crippen molar-refractivity contribution in [2.24, 2.45) is 0 Å². The third-order valence-electron chi connectivity index (χ3n) is 2.96. The summed E-state index contributed by atoms with van der Waals surface area (Å²) in [6, 6.07) is 12.0. The third-order valence-corrected chi connectivity index (χ3v) is 2.96. The lowest BCUT2D eigenvalue weighted by Gasteiger charge is -2.09. The van der Waals surface area contributed by atoms with Crippen LogP contribution in [0, 0.1) is 6.92 Å². The van der Waals surface area contributed by atoms with Gasteiger partial charge in [0.1, 0.15) is 0 Å². The molecule has 2 rings (SSSR count). The molecule has 0 saturated carbocycles. The summed E-state index contributed by atoms with van der Waals surface area (Å²) < 4.78 is 0. The molecular weight excluding hydrogens is 242 g/mol. The van der Waals surface area contributed by atoms with Crippen LogP contribution in [0.2, 0.25) is 0 Å². The lowest BCUT2D eigenvalue weighted by atomic mass is 10.1. The number of para-hydroxylation sites is 1. The number of phenols is 2. The smallest absolute Gasteiger partial charge is 0.255 e. The van der Waals surface area contributed by atoms with Crippen molar-refractivity contribution in [3.63, 3.8) is 0 Å². The summed E-state index contributed by atoms with van der Waals surface area (Å²) in [5.74, 6) is -1.12. The van der Waals surface area contributed by atoms with Crippen LogP contribution in [0.3, 0.4) is 0 Å². The molecule has 0 spiro atoms. The second kappa shape index (κ2) is 5.44. The van der Waals surface area contributed by atoms with Crippen molar-refractivity contribution < 1.29 is 15.0 Å². The van der Waals surface area contributed by atoms with Gasteiger partial charge in [-0.3, -0.25) is 4.79 Å². The molecule has 0 aliphatic carbocycles. The fourth-order valence-electron chi connectivity index (χ4n) is 1.79. The van der Waals surface area contributed by atoms with Crippen molar-refractivity contribution in [1.29, 1.82) is 0 Å². The number of aromatic hydroxyl groups is 2. The highest BCUT2D eigenvalue weighted by Gasteiger charge is 2.13. The van der Waals surface area contributed by atoms with Crippen LogP contribution in [0.5, 0.6) is 11.5 Å². The molecule has 0 unspecified atom stereocenters. The zero-order valence-corrected chi connectivity index (χ0v) is 10.6. The van der Waals surface area contributed by atoms with Crippen molar-refractivity contribution in [2.45, 2.75) is 13.5 Å². The molecule has 0 bridgehead atoms. The second-order valence-corrected chi connectivity index (χ2v) is 4.28. The molecule has 0 saturated heterocycles. The van der Waals surface area contributed by atoms with E-state index in [0.29, 0.717) is 6.54 Å². The highest BCUT2D eigenvalue weighted by Crippen LogP contribution is 2.27. The Balaban J connectivity index is 2.10. The molecule has 0 fully saturated rings. The van der Waals surface area contributed by atoms with Crippen LogP contribution in [0.25, 0.3) is 0 Å². The summed E-state index contributed by atoms with van der Waals surface area (Å²) in [7, 11) is 0. The number of carbonyl (C=O) groups is 1. The summed E-state index contributed by atoms with van der Waals surface area (Å²) in [5, 5.41) is 21.7. The van der Waals surface area contributed by atoms with Gasteiger partial charge in [0.2, 0.25) is 0 Å². The van der Waals surface area contributed by atoms with Gasteiger partial charge in [-0.05, 0) is 30.2 Å². The summed E-state index contributed by atoms with van der Waals surface area (Å²) in [4.78, 5) is 11.9. The molecule has 0 aliphatic rings. The molecule has 1 amide bonds. The number of aryl methyl sites for hydroxylation is 1. The number of benzene rings is 2. The van der Waals surface area contributed by atoms with Gasteiger partial charge in [0.05, 0.1) is 5.56 Å². The first-order chi connectivity index (χ1) is 9.09. The van der Waals surface area contributed by atoms with Crippen LogP contribution in [-0.4, -0.2) is 16.1 Å². The lowest BCUT2D eigenvalue weighted by Crippen LogP contribution is -2.23. The van der Waals surface area contributed by atoms with Gasteiger partial charge in [0, 0.05) is 6.54 Å². The van der Waals surface area contributed by atoms with Gasteiger partial charge in [0.25, 0.3) is 5.91 Å². The minimum Gasteiger partial charge on any atom is -0.504 e. The van der Waals surface area contributed by atoms with E-state index in [1.54, 1.807) is 0 Å². The number of phenolic OH excluding ortho intramolecular Hbond substituents is 2. The first kappa shape index (κ1) is 13.0. The topological polar surface area (TPSA) is 69.6 Å². The van der Waals surface area contributed by atoms with Crippen LogP contribution in [0.15, 0.2) is 42.5 Å². The number of hydrogen-bond donors (Lipinski definition) is 3. The zero-order valence-electron chi connectivity index (χ0n) is 10.6. The van der Waals surface area contributed by atoms with Gasteiger partial charge in [-0.15, -0.1) is 0 Å². The van der Waals surface area contributed by atoms with Crippen molar-refractivity contribution in [2.75, 3.05) is 0 Å². The van der Waals surface area contributed by atoms with E-state index in [1.807, 2.05) is 31.2 Å². The normalized spacial score (nSPS) is 10.2. The van der Waals surface area contributed by atoms with Gasteiger partial charge in [-0.2, -0.15) is 0 Å². The monoisotopic (exact) mass is 257 g/mol. The maximum Gasteiger partial charge on any atom is 0.255 e. The van der Waals surface area contributed by atoms with E-state index in [4.69, 9.17) is 0 Å². The third kappa shape index (κ3) is 2.85.